The molecule has 6 heteroatoms. The van der Waals surface area contributed by atoms with Gasteiger partial charge in [0.2, 0.25) is 5.95 Å². The molecule has 0 fully saturated rings. The van der Waals surface area contributed by atoms with Crippen molar-refractivity contribution in [3.8, 4) is 0 Å². The molecule has 0 aliphatic rings. The number of nitrogens with zero attached hydrogens (tertiary/aromatic N) is 3. The first kappa shape index (κ1) is 14.6. The largest absolute Gasteiger partial charge is 0.369 e. The molecule has 0 radical (unpaired) electrons. The predicted octanol–water partition coefficient (Wildman–Crippen LogP) is 2.88. The Bertz CT molecular complexity index is 548. The lowest BCUT2D eigenvalue weighted by Crippen LogP contribution is -2.17. The smallest absolute Gasteiger partial charge is 0.226 e. The van der Waals surface area contributed by atoms with Crippen molar-refractivity contribution in [2.75, 3.05) is 23.7 Å². The molecule has 0 bridgehead atoms. The van der Waals surface area contributed by atoms with Gasteiger partial charge in [0, 0.05) is 13.1 Å². The van der Waals surface area contributed by atoms with E-state index in [-0.39, 0.29) is 0 Å². The van der Waals surface area contributed by atoms with E-state index in [0.29, 0.717) is 17.8 Å². The van der Waals surface area contributed by atoms with Crippen LogP contribution in [0.25, 0.3) is 11.0 Å². The van der Waals surface area contributed by atoms with E-state index >= 15 is 0 Å². The van der Waals surface area contributed by atoms with Crippen LogP contribution in [0.3, 0.4) is 0 Å². The number of nitrogens with one attached hydrogen (secondary N) is 3. The molecule has 0 saturated carbocycles. The molecule has 0 spiro atoms. The van der Waals surface area contributed by atoms with Crippen molar-refractivity contribution in [2.45, 2.75) is 34.1 Å². The average Bonchev–Trinajstić information content (AvgIpc) is 2.90. The molecule has 2 rings (SSSR count). The molecule has 2 heterocycles. The number of hydrogen-bond donors (Lipinski definition) is 3. The van der Waals surface area contributed by atoms with E-state index in [4.69, 9.17) is 0 Å². The number of hydrogen-bond acceptors (Lipinski definition) is 5. The van der Waals surface area contributed by atoms with Crippen LogP contribution in [0.15, 0.2) is 6.20 Å². The SMILES string of the molecule is CCCNc1nc(NCC(C)C(C)C)c2cn[nH]c2n1. The zero-order chi connectivity index (χ0) is 14.5. The highest BCUT2D eigenvalue weighted by molar-refractivity contribution is 5.86. The third-order valence-corrected chi connectivity index (χ3v) is 3.57. The normalized spacial score (nSPS) is 12.8. The second kappa shape index (κ2) is 6.54. The summed E-state index contributed by atoms with van der Waals surface area (Å²) in [6.45, 7) is 10.6. The molecule has 2 aromatic heterocycles. The van der Waals surface area contributed by atoms with Gasteiger partial charge in [0.25, 0.3) is 0 Å². The molecule has 1 unspecified atom stereocenters. The van der Waals surface area contributed by atoms with E-state index in [0.717, 1.165) is 36.4 Å². The molecule has 0 amide bonds. The molecular weight excluding hydrogens is 252 g/mol. The zero-order valence-corrected chi connectivity index (χ0v) is 12.7. The van der Waals surface area contributed by atoms with Crippen LogP contribution in [0.2, 0.25) is 0 Å². The van der Waals surface area contributed by atoms with Crippen LogP contribution in [0.5, 0.6) is 0 Å². The van der Waals surface area contributed by atoms with E-state index in [2.05, 4.69) is 58.5 Å². The number of aromatic nitrogens is 4. The molecular formula is C14H24N6. The van der Waals surface area contributed by atoms with Crippen LogP contribution in [0, 0.1) is 11.8 Å². The van der Waals surface area contributed by atoms with Gasteiger partial charge in [0.05, 0.1) is 11.6 Å². The van der Waals surface area contributed by atoms with Gasteiger partial charge in [0.1, 0.15) is 5.82 Å². The molecule has 0 aliphatic carbocycles. The van der Waals surface area contributed by atoms with Crippen molar-refractivity contribution >= 4 is 22.8 Å². The minimum atomic E-state index is 0.582. The van der Waals surface area contributed by atoms with E-state index in [1.807, 2.05) is 0 Å². The summed E-state index contributed by atoms with van der Waals surface area (Å²) in [5, 5.41) is 14.5. The standard InChI is InChI=1S/C14H24N6/c1-5-6-15-14-18-12(16-7-10(4)9(2)3)11-8-17-20-13(11)19-14/h8-10H,5-7H2,1-4H3,(H3,15,16,17,18,19,20). The fraction of sp³-hybridized carbons (Fsp3) is 0.643. The summed E-state index contributed by atoms with van der Waals surface area (Å²) in [4.78, 5) is 8.96. The van der Waals surface area contributed by atoms with Gasteiger partial charge >= 0.3 is 0 Å². The van der Waals surface area contributed by atoms with E-state index in [9.17, 15) is 0 Å². The number of H-pyrrole nitrogens is 1. The molecule has 1 atom stereocenters. The van der Waals surface area contributed by atoms with Gasteiger partial charge in [-0.3, -0.25) is 5.10 Å². The Morgan fingerprint density at radius 2 is 2.00 bits per heavy atom. The first-order valence-electron chi connectivity index (χ1n) is 7.30. The van der Waals surface area contributed by atoms with Crippen molar-refractivity contribution in [3.63, 3.8) is 0 Å². The van der Waals surface area contributed by atoms with Crippen molar-refractivity contribution in [1.29, 1.82) is 0 Å². The Labute approximate surface area is 119 Å². The molecule has 0 aromatic carbocycles. The minimum Gasteiger partial charge on any atom is -0.369 e. The van der Waals surface area contributed by atoms with Crippen molar-refractivity contribution in [3.05, 3.63) is 6.20 Å². The van der Waals surface area contributed by atoms with E-state index in [1.54, 1.807) is 6.20 Å². The summed E-state index contributed by atoms with van der Waals surface area (Å²) >= 11 is 0. The van der Waals surface area contributed by atoms with Gasteiger partial charge in [-0.25, -0.2) is 0 Å². The highest BCUT2D eigenvalue weighted by Gasteiger charge is 2.12. The lowest BCUT2D eigenvalue weighted by molar-refractivity contribution is 0.439. The molecule has 20 heavy (non-hydrogen) atoms. The molecule has 110 valence electrons. The fourth-order valence-corrected chi connectivity index (χ4v) is 1.78. The summed E-state index contributed by atoms with van der Waals surface area (Å²) in [6, 6.07) is 0. The number of fused-ring (bicyclic) bond motifs is 1. The second-order valence-electron chi connectivity index (χ2n) is 5.56. The third-order valence-electron chi connectivity index (χ3n) is 3.57. The number of rotatable bonds is 7. The van der Waals surface area contributed by atoms with Gasteiger partial charge in [-0.15, -0.1) is 0 Å². The minimum absolute atomic E-state index is 0.582. The lowest BCUT2D eigenvalue weighted by atomic mass is 9.98. The summed E-state index contributed by atoms with van der Waals surface area (Å²) in [5.41, 5.74) is 0.762. The Hall–Kier alpha value is -1.85. The van der Waals surface area contributed by atoms with Gasteiger partial charge in [-0.2, -0.15) is 15.1 Å². The Morgan fingerprint density at radius 1 is 1.20 bits per heavy atom. The maximum Gasteiger partial charge on any atom is 0.226 e. The first-order valence-corrected chi connectivity index (χ1v) is 7.30. The topological polar surface area (TPSA) is 78.5 Å². The first-order chi connectivity index (χ1) is 9.61. The number of anilines is 2. The van der Waals surface area contributed by atoms with Gasteiger partial charge < -0.3 is 10.6 Å². The second-order valence-corrected chi connectivity index (χ2v) is 5.56. The Morgan fingerprint density at radius 3 is 2.70 bits per heavy atom. The predicted molar refractivity (Wildman–Crippen MR) is 83.0 cm³/mol. The quantitative estimate of drug-likeness (QED) is 0.724. The average molecular weight is 276 g/mol. The molecule has 6 nitrogen and oxygen atoms in total. The van der Waals surface area contributed by atoms with Crippen molar-refractivity contribution in [1.82, 2.24) is 20.2 Å². The fourth-order valence-electron chi connectivity index (χ4n) is 1.78. The van der Waals surface area contributed by atoms with Crippen LogP contribution in [-0.2, 0) is 0 Å². The third kappa shape index (κ3) is 3.37. The molecule has 0 aliphatic heterocycles. The summed E-state index contributed by atoms with van der Waals surface area (Å²) in [6.07, 6.45) is 2.80. The Kier molecular flexibility index (Phi) is 4.76. The van der Waals surface area contributed by atoms with Gasteiger partial charge in [0.15, 0.2) is 5.65 Å². The van der Waals surface area contributed by atoms with Crippen LogP contribution in [0.4, 0.5) is 11.8 Å². The van der Waals surface area contributed by atoms with Crippen LogP contribution in [-0.4, -0.2) is 33.3 Å². The highest BCUT2D eigenvalue weighted by atomic mass is 15.2. The maximum atomic E-state index is 4.55. The van der Waals surface area contributed by atoms with Crippen molar-refractivity contribution < 1.29 is 0 Å². The van der Waals surface area contributed by atoms with E-state index < -0.39 is 0 Å². The van der Waals surface area contributed by atoms with E-state index in [1.165, 1.54) is 0 Å². The number of aromatic amines is 1. The monoisotopic (exact) mass is 276 g/mol. The van der Waals surface area contributed by atoms with Crippen LogP contribution < -0.4 is 10.6 Å². The Balaban J connectivity index is 2.19. The zero-order valence-electron chi connectivity index (χ0n) is 12.7. The van der Waals surface area contributed by atoms with Crippen LogP contribution in [0.1, 0.15) is 34.1 Å². The van der Waals surface area contributed by atoms with Crippen LogP contribution >= 0.6 is 0 Å². The maximum absolute atomic E-state index is 4.55. The van der Waals surface area contributed by atoms with Crippen molar-refractivity contribution in [2.24, 2.45) is 11.8 Å². The molecule has 2 aromatic rings. The van der Waals surface area contributed by atoms with Gasteiger partial charge in [-0.05, 0) is 18.3 Å². The summed E-state index contributed by atoms with van der Waals surface area (Å²) < 4.78 is 0. The summed E-state index contributed by atoms with van der Waals surface area (Å²) in [5.74, 6) is 2.71. The highest BCUT2D eigenvalue weighted by Crippen LogP contribution is 2.21. The van der Waals surface area contributed by atoms with Gasteiger partial charge in [-0.1, -0.05) is 27.7 Å². The summed E-state index contributed by atoms with van der Waals surface area (Å²) in [7, 11) is 0. The molecule has 3 N–H and O–H groups in total. The molecule has 0 saturated heterocycles. The lowest BCUT2D eigenvalue weighted by Gasteiger charge is -2.17.